The molecule has 0 aliphatic rings. The van der Waals surface area contributed by atoms with E-state index in [9.17, 15) is 9.18 Å². The molecule has 2 aromatic carbocycles. The third-order valence-electron chi connectivity index (χ3n) is 4.24. The SMILES string of the molecule is CCOc1ccc(N(CCC#N)C(=O)c2sc3ccc(F)cc3c2C)cc1. The van der Waals surface area contributed by atoms with Crippen LogP contribution in [0.1, 0.15) is 28.6 Å². The number of benzene rings is 2. The topological polar surface area (TPSA) is 53.3 Å². The highest BCUT2D eigenvalue weighted by molar-refractivity contribution is 7.21. The minimum absolute atomic E-state index is 0.187. The van der Waals surface area contributed by atoms with Crippen LogP contribution in [-0.2, 0) is 0 Å². The van der Waals surface area contributed by atoms with Crippen LogP contribution in [0.5, 0.6) is 5.75 Å². The van der Waals surface area contributed by atoms with E-state index in [2.05, 4.69) is 6.07 Å². The zero-order chi connectivity index (χ0) is 19.4. The molecular weight excluding hydrogens is 363 g/mol. The first-order chi connectivity index (χ1) is 13.0. The highest BCUT2D eigenvalue weighted by Crippen LogP contribution is 2.33. The van der Waals surface area contributed by atoms with Gasteiger partial charge in [0.15, 0.2) is 0 Å². The number of hydrogen-bond donors (Lipinski definition) is 0. The van der Waals surface area contributed by atoms with Gasteiger partial charge in [0.2, 0.25) is 0 Å². The fourth-order valence-electron chi connectivity index (χ4n) is 2.92. The van der Waals surface area contributed by atoms with Crippen LogP contribution in [0.15, 0.2) is 42.5 Å². The molecule has 27 heavy (non-hydrogen) atoms. The van der Waals surface area contributed by atoms with Gasteiger partial charge in [0, 0.05) is 16.9 Å². The Kier molecular flexibility index (Phi) is 5.72. The maximum atomic E-state index is 13.6. The average molecular weight is 382 g/mol. The Morgan fingerprint density at radius 3 is 2.67 bits per heavy atom. The number of ether oxygens (including phenoxy) is 1. The number of carbonyl (C=O) groups is 1. The van der Waals surface area contributed by atoms with Crippen LogP contribution in [0.4, 0.5) is 10.1 Å². The van der Waals surface area contributed by atoms with Crippen LogP contribution in [0.25, 0.3) is 10.1 Å². The van der Waals surface area contributed by atoms with Gasteiger partial charge in [0.1, 0.15) is 11.6 Å². The number of halogens is 1. The molecule has 0 spiro atoms. The van der Waals surface area contributed by atoms with E-state index in [0.29, 0.717) is 17.2 Å². The number of amides is 1. The van der Waals surface area contributed by atoms with Crippen molar-refractivity contribution >= 4 is 33.0 Å². The summed E-state index contributed by atoms with van der Waals surface area (Å²) in [7, 11) is 0. The van der Waals surface area contributed by atoms with Crippen molar-refractivity contribution in [1.29, 1.82) is 5.26 Å². The van der Waals surface area contributed by atoms with E-state index in [1.165, 1.54) is 23.5 Å². The van der Waals surface area contributed by atoms with Crippen molar-refractivity contribution in [3.63, 3.8) is 0 Å². The molecule has 6 heteroatoms. The molecular formula is C21H19FN2O2S. The molecule has 0 radical (unpaired) electrons. The highest BCUT2D eigenvalue weighted by atomic mass is 32.1. The van der Waals surface area contributed by atoms with Gasteiger partial charge in [-0.2, -0.15) is 5.26 Å². The maximum absolute atomic E-state index is 13.6. The maximum Gasteiger partial charge on any atom is 0.268 e. The lowest BCUT2D eigenvalue weighted by molar-refractivity contribution is 0.0991. The largest absolute Gasteiger partial charge is 0.494 e. The first kappa shape index (κ1) is 18.9. The predicted molar refractivity (Wildman–Crippen MR) is 106 cm³/mol. The van der Waals surface area contributed by atoms with E-state index < -0.39 is 0 Å². The smallest absolute Gasteiger partial charge is 0.268 e. The number of carbonyl (C=O) groups excluding carboxylic acids is 1. The van der Waals surface area contributed by atoms with Crippen molar-refractivity contribution in [2.75, 3.05) is 18.1 Å². The molecule has 3 rings (SSSR count). The Balaban J connectivity index is 1.98. The summed E-state index contributed by atoms with van der Waals surface area (Å²) >= 11 is 1.34. The van der Waals surface area contributed by atoms with Gasteiger partial charge < -0.3 is 9.64 Å². The van der Waals surface area contributed by atoms with Gasteiger partial charge in [-0.15, -0.1) is 11.3 Å². The first-order valence-corrected chi connectivity index (χ1v) is 9.47. The Labute approximate surface area is 161 Å². The molecule has 0 aliphatic carbocycles. The lowest BCUT2D eigenvalue weighted by Gasteiger charge is -2.22. The van der Waals surface area contributed by atoms with Crippen LogP contribution in [-0.4, -0.2) is 19.1 Å². The zero-order valence-electron chi connectivity index (χ0n) is 15.2. The van der Waals surface area contributed by atoms with E-state index in [-0.39, 0.29) is 24.7 Å². The van der Waals surface area contributed by atoms with Gasteiger partial charge >= 0.3 is 0 Å². The van der Waals surface area contributed by atoms with E-state index >= 15 is 0 Å². The fourth-order valence-corrected chi connectivity index (χ4v) is 4.06. The minimum Gasteiger partial charge on any atom is -0.494 e. The Morgan fingerprint density at radius 1 is 1.26 bits per heavy atom. The molecule has 0 atom stereocenters. The second-order valence-electron chi connectivity index (χ2n) is 5.99. The van der Waals surface area contributed by atoms with Crippen LogP contribution in [0, 0.1) is 24.1 Å². The fraction of sp³-hybridized carbons (Fsp3) is 0.238. The number of hydrogen-bond acceptors (Lipinski definition) is 4. The quantitative estimate of drug-likeness (QED) is 0.581. The van der Waals surface area contributed by atoms with E-state index in [4.69, 9.17) is 10.00 Å². The molecule has 4 nitrogen and oxygen atoms in total. The number of aryl methyl sites for hydroxylation is 1. The standard InChI is InChI=1S/C21H19FN2O2S/c1-3-26-17-8-6-16(7-9-17)24(12-4-11-23)21(25)20-14(2)18-13-15(22)5-10-19(18)27-20/h5-10,13H,3-4,12H2,1-2H3. The number of nitrogens with zero attached hydrogens (tertiary/aromatic N) is 2. The molecule has 0 bridgehead atoms. The lowest BCUT2D eigenvalue weighted by atomic mass is 10.1. The number of rotatable bonds is 6. The Hall–Kier alpha value is -2.91. The van der Waals surface area contributed by atoms with Gasteiger partial charge in [-0.3, -0.25) is 4.79 Å². The number of anilines is 1. The predicted octanol–water partition coefficient (Wildman–Crippen LogP) is 5.31. The van der Waals surface area contributed by atoms with Crippen molar-refractivity contribution in [2.45, 2.75) is 20.3 Å². The number of fused-ring (bicyclic) bond motifs is 1. The lowest BCUT2D eigenvalue weighted by Crippen LogP contribution is -2.31. The number of nitriles is 1. The monoisotopic (exact) mass is 382 g/mol. The van der Waals surface area contributed by atoms with Crippen LogP contribution in [0.3, 0.4) is 0 Å². The second kappa shape index (κ2) is 8.19. The van der Waals surface area contributed by atoms with Gasteiger partial charge in [0.05, 0.1) is 24.0 Å². The molecule has 0 saturated heterocycles. The summed E-state index contributed by atoms with van der Waals surface area (Å²) in [5.74, 6) is 0.214. The molecule has 1 heterocycles. The summed E-state index contributed by atoms with van der Waals surface area (Å²) in [6.07, 6.45) is 0.220. The zero-order valence-corrected chi connectivity index (χ0v) is 16.0. The third-order valence-corrected chi connectivity index (χ3v) is 5.51. The summed E-state index contributed by atoms with van der Waals surface area (Å²) in [5, 5.41) is 9.73. The summed E-state index contributed by atoms with van der Waals surface area (Å²) < 4.78 is 19.9. The molecule has 1 amide bonds. The van der Waals surface area contributed by atoms with Gasteiger partial charge in [-0.1, -0.05) is 0 Å². The van der Waals surface area contributed by atoms with Gasteiger partial charge in [-0.25, -0.2) is 4.39 Å². The molecule has 0 aliphatic heterocycles. The van der Waals surface area contributed by atoms with Gasteiger partial charge in [-0.05, 0) is 67.3 Å². The van der Waals surface area contributed by atoms with Crippen molar-refractivity contribution in [2.24, 2.45) is 0 Å². The molecule has 3 aromatic rings. The minimum atomic E-state index is -0.324. The van der Waals surface area contributed by atoms with Crippen molar-refractivity contribution < 1.29 is 13.9 Å². The van der Waals surface area contributed by atoms with E-state index in [0.717, 1.165) is 21.4 Å². The summed E-state index contributed by atoms with van der Waals surface area (Å²) in [6, 6.07) is 13.9. The van der Waals surface area contributed by atoms with E-state index in [1.807, 2.05) is 26.0 Å². The van der Waals surface area contributed by atoms with Crippen molar-refractivity contribution in [3.8, 4) is 11.8 Å². The summed E-state index contributed by atoms with van der Waals surface area (Å²) in [6.45, 7) is 4.58. The number of thiophene rings is 1. The molecule has 0 fully saturated rings. The Bertz CT molecular complexity index is 1010. The summed E-state index contributed by atoms with van der Waals surface area (Å²) in [4.78, 5) is 15.4. The molecule has 138 valence electrons. The van der Waals surface area contributed by atoms with E-state index in [1.54, 1.807) is 23.1 Å². The second-order valence-corrected chi connectivity index (χ2v) is 7.04. The highest BCUT2D eigenvalue weighted by Gasteiger charge is 2.23. The normalized spacial score (nSPS) is 10.6. The molecule has 0 N–H and O–H groups in total. The average Bonchev–Trinajstić information content (AvgIpc) is 2.99. The first-order valence-electron chi connectivity index (χ1n) is 8.65. The molecule has 0 unspecified atom stereocenters. The van der Waals surface area contributed by atoms with Gasteiger partial charge in [0.25, 0.3) is 5.91 Å². The van der Waals surface area contributed by atoms with Crippen LogP contribution in [0.2, 0.25) is 0 Å². The third kappa shape index (κ3) is 3.93. The van der Waals surface area contributed by atoms with Crippen LogP contribution >= 0.6 is 11.3 Å². The summed E-state index contributed by atoms with van der Waals surface area (Å²) in [5.41, 5.74) is 1.45. The van der Waals surface area contributed by atoms with Crippen molar-refractivity contribution in [3.05, 3.63) is 58.7 Å². The molecule has 0 saturated carbocycles. The van der Waals surface area contributed by atoms with Crippen LogP contribution < -0.4 is 9.64 Å². The van der Waals surface area contributed by atoms with Crippen molar-refractivity contribution in [1.82, 2.24) is 0 Å². The molecule has 1 aromatic heterocycles. The Morgan fingerprint density at radius 2 is 2.00 bits per heavy atom.